The largest absolute Gasteiger partial charge is 0.507 e. The van der Waals surface area contributed by atoms with Gasteiger partial charge in [-0.05, 0) is 25.0 Å². The Kier molecular flexibility index (Phi) is 7.56. The zero-order valence-electron chi connectivity index (χ0n) is 19.4. The highest BCUT2D eigenvalue weighted by Crippen LogP contribution is 2.39. The molecule has 7 nitrogen and oxygen atoms in total. The Labute approximate surface area is 195 Å². The Hall–Kier alpha value is -2.16. The maximum Gasteiger partial charge on any atom is 0.187 e. The van der Waals surface area contributed by atoms with E-state index in [2.05, 4.69) is 13.8 Å². The second-order valence-electron chi connectivity index (χ2n) is 9.23. The predicted molar refractivity (Wildman–Crippen MR) is 122 cm³/mol. The van der Waals surface area contributed by atoms with Crippen LogP contribution in [0.3, 0.4) is 0 Å². The fourth-order valence-electron chi connectivity index (χ4n) is 4.19. The van der Waals surface area contributed by atoms with Crippen molar-refractivity contribution in [3.8, 4) is 11.5 Å². The normalized spacial score (nSPS) is 30.2. The molecule has 180 valence electrons. The summed E-state index contributed by atoms with van der Waals surface area (Å²) in [7, 11) is 0. The van der Waals surface area contributed by atoms with Crippen LogP contribution >= 0.6 is 0 Å². The van der Waals surface area contributed by atoms with Crippen LogP contribution in [-0.4, -0.2) is 49.9 Å². The standard InChI is InChI=1S/C26H34O7/c1-3-25(15-30-23(31-16-25)19-9-5-7-11-21(19)27)13-29-14-26(4-2)17-32-24(33-18-26)20-10-6-8-12-22(20)28/h5-12,23-24,27-28H,3-4,13-18H2,1-2H3. The molecular weight excluding hydrogens is 424 g/mol. The SMILES string of the molecule is CCC1(COCC2(CC)COC(c3ccccc3O)OC2)COC(c2ccccc2O)OC1. The average molecular weight is 459 g/mol. The molecule has 0 saturated carbocycles. The van der Waals surface area contributed by atoms with E-state index in [9.17, 15) is 10.2 Å². The molecule has 0 aromatic heterocycles. The molecule has 0 bridgehead atoms. The molecule has 4 rings (SSSR count). The number of phenolic OH excluding ortho intramolecular Hbond substituents is 2. The van der Waals surface area contributed by atoms with Crippen molar-refractivity contribution in [2.24, 2.45) is 10.8 Å². The van der Waals surface area contributed by atoms with Gasteiger partial charge in [0.25, 0.3) is 0 Å². The molecule has 0 spiro atoms. The lowest BCUT2D eigenvalue weighted by Crippen LogP contribution is -2.45. The fourth-order valence-corrected chi connectivity index (χ4v) is 4.19. The van der Waals surface area contributed by atoms with E-state index >= 15 is 0 Å². The van der Waals surface area contributed by atoms with Crippen molar-refractivity contribution in [1.82, 2.24) is 0 Å². The quantitative estimate of drug-likeness (QED) is 0.593. The second-order valence-corrected chi connectivity index (χ2v) is 9.23. The Morgan fingerprint density at radius 2 is 1.06 bits per heavy atom. The van der Waals surface area contributed by atoms with Crippen molar-refractivity contribution in [2.75, 3.05) is 39.6 Å². The van der Waals surface area contributed by atoms with E-state index in [0.29, 0.717) is 50.8 Å². The van der Waals surface area contributed by atoms with Crippen molar-refractivity contribution >= 4 is 0 Å². The van der Waals surface area contributed by atoms with E-state index < -0.39 is 12.6 Å². The van der Waals surface area contributed by atoms with E-state index in [0.717, 1.165) is 12.8 Å². The van der Waals surface area contributed by atoms with E-state index in [4.69, 9.17) is 23.7 Å². The number of rotatable bonds is 8. The second kappa shape index (κ2) is 10.4. The summed E-state index contributed by atoms with van der Waals surface area (Å²) in [5.41, 5.74) is 0.793. The van der Waals surface area contributed by atoms with Gasteiger partial charge in [0.2, 0.25) is 0 Å². The summed E-state index contributed by atoms with van der Waals surface area (Å²) in [5, 5.41) is 20.2. The summed E-state index contributed by atoms with van der Waals surface area (Å²) in [6.07, 6.45) is 0.558. The van der Waals surface area contributed by atoms with Gasteiger partial charge in [-0.2, -0.15) is 0 Å². The van der Waals surface area contributed by atoms with Gasteiger partial charge >= 0.3 is 0 Å². The summed E-state index contributed by atoms with van der Waals surface area (Å²) < 4.78 is 30.2. The van der Waals surface area contributed by atoms with Crippen LogP contribution in [0.5, 0.6) is 11.5 Å². The number of hydrogen-bond acceptors (Lipinski definition) is 7. The number of ether oxygens (including phenoxy) is 5. The minimum Gasteiger partial charge on any atom is -0.507 e. The maximum atomic E-state index is 10.1. The van der Waals surface area contributed by atoms with Gasteiger partial charge in [0.05, 0.1) is 39.6 Å². The maximum absolute atomic E-state index is 10.1. The van der Waals surface area contributed by atoms with Gasteiger partial charge in [-0.3, -0.25) is 0 Å². The lowest BCUT2D eigenvalue weighted by molar-refractivity contribution is -0.260. The molecule has 2 aliphatic rings. The van der Waals surface area contributed by atoms with E-state index in [1.807, 2.05) is 24.3 Å². The third kappa shape index (κ3) is 5.34. The molecule has 0 atom stereocenters. The monoisotopic (exact) mass is 458 g/mol. The van der Waals surface area contributed by atoms with Crippen molar-refractivity contribution in [3.05, 3.63) is 59.7 Å². The molecule has 2 fully saturated rings. The molecule has 2 N–H and O–H groups in total. The first-order valence-electron chi connectivity index (χ1n) is 11.6. The van der Waals surface area contributed by atoms with Gasteiger partial charge in [0.1, 0.15) is 11.5 Å². The van der Waals surface area contributed by atoms with Crippen LogP contribution in [-0.2, 0) is 23.7 Å². The zero-order chi connectivity index (χ0) is 23.3. The number of aromatic hydroxyl groups is 2. The van der Waals surface area contributed by atoms with Crippen LogP contribution in [0.15, 0.2) is 48.5 Å². The molecule has 0 aliphatic carbocycles. The Balaban J connectivity index is 1.29. The molecule has 2 aromatic rings. The Morgan fingerprint density at radius 3 is 1.39 bits per heavy atom. The van der Waals surface area contributed by atoms with Crippen molar-refractivity contribution in [2.45, 2.75) is 39.3 Å². The van der Waals surface area contributed by atoms with E-state index in [1.165, 1.54) is 0 Å². The van der Waals surface area contributed by atoms with Gasteiger partial charge in [0.15, 0.2) is 12.6 Å². The number of para-hydroxylation sites is 2. The number of phenols is 2. The predicted octanol–water partition coefficient (Wildman–Crippen LogP) is 4.70. The molecule has 33 heavy (non-hydrogen) atoms. The first-order chi connectivity index (χ1) is 16.0. The summed E-state index contributed by atoms with van der Waals surface area (Å²) >= 11 is 0. The average Bonchev–Trinajstić information content (AvgIpc) is 2.86. The van der Waals surface area contributed by atoms with Crippen LogP contribution in [0, 0.1) is 10.8 Å². The van der Waals surface area contributed by atoms with Crippen molar-refractivity contribution < 1.29 is 33.9 Å². The Morgan fingerprint density at radius 1 is 0.697 bits per heavy atom. The molecular formula is C26H34O7. The van der Waals surface area contributed by atoms with E-state index in [-0.39, 0.29) is 22.3 Å². The van der Waals surface area contributed by atoms with Crippen molar-refractivity contribution in [1.29, 1.82) is 0 Å². The Bertz CT molecular complexity index is 826. The number of benzene rings is 2. The van der Waals surface area contributed by atoms with Crippen LogP contribution in [0.1, 0.15) is 50.4 Å². The fraction of sp³-hybridized carbons (Fsp3) is 0.538. The summed E-state index contributed by atoms with van der Waals surface area (Å²) in [6.45, 7) is 7.18. The molecule has 2 aromatic carbocycles. The first-order valence-corrected chi connectivity index (χ1v) is 11.6. The van der Waals surface area contributed by atoms with Gasteiger partial charge in [0, 0.05) is 22.0 Å². The topological polar surface area (TPSA) is 86.6 Å². The lowest BCUT2D eigenvalue weighted by atomic mass is 9.85. The molecule has 0 amide bonds. The summed E-state index contributed by atoms with van der Waals surface area (Å²) in [5.74, 6) is 0.346. The first kappa shape index (κ1) is 24.0. The van der Waals surface area contributed by atoms with Crippen molar-refractivity contribution in [3.63, 3.8) is 0 Å². The molecule has 2 aliphatic heterocycles. The molecule has 0 radical (unpaired) electrons. The third-order valence-corrected chi connectivity index (χ3v) is 6.86. The van der Waals surface area contributed by atoms with Gasteiger partial charge in [-0.1, -0.05) is 50.2 Å². The van der Waals surface area contributed by atoms with Gasteiger partial charge in [-0.15, -0.1) is 0 Å². The highest BCUT2D eigenvalue weighted by molar-refractivity contribution is 5.33. The van der Waals surface area contributed by atoms with Crippen LogP contribution in [0.2, 0.25) is 0 Å². The lowest BCUT2D eigenvalue weighted by Gasteiger charge is -2.42. The molecule has 0 unspecified atom stereocenters. The minimum absolute atomic E-state index is 0.173. The minimum atomic E-state index is -0.570. The van der Waals surface area contributed by atoms with Gasteiger partial charge in [-0.25, -0.2) is 0 Å². The van der Waals surface area contributed by atoms with Crippen LogP contribution in [0.25, 0.3) is 0 Å². The van der Waals surface area contributed by atoms with Crippen LogP contribution < -0.4 is 0 Å². The third-order valence-electron chi connectivity index (χ3n) is 6.86. The van der Waals surface area contributed by atoms with Gasteiger partial charge < -0.3 is 33.9 Å². The zero-order valence-corrected chi connectivity index (χ0v) is 19.4. The molecule has 7 heteroatoms. The smallest absolute Gasteiger partial charge is 0.187 e. The molecule has 2 saturated heterocycles. The molecule has 2 heterocycles. The highest BCUT2D eigenvalue weighted by atomic mass is 16.7. The summed E-state index contributed by atoms with van der Waals surface area (Å²) in [6, 6.07) is 14.2. The van der Waals surface area contributed by atoms with Crippen LogP contribution in [0.4, 0.5) is 0 Å². The summed E-state index contributed by atoms with van der Waals surface area (Å²) in [4.78, 5) is 0. The highest BCUT2D eigenvalue weighted by Gasteiger charge is 2.40. The number of hydrogen-bond donors (Lipinski definition) is 2. The van der Waals surface area contributed by atoms with E-state index in [1.54, 1.807) is 24.3 Å².